The Kier molecular flexibility index (Phi) is 7.52. The molecule has 9 aromatic carbocycles. The first-order valence-corrected chi connectivity index (χ1v) is 22.8. The summed E-state index contributed by atoms with van der Waals surface area (Å²) in [4.78, 5) is 2.73. The minimum atomic E-state index is -2.70. The molecule has 0 aliphatic carbocycles. The third kappa shape index (κ3) is 4.79. The van der Waals surface area contributed by atoms with Crippen molar-refractivity contribution in [3.8, 4) is 22.5 Å². The van der Waals surface area contributed by atoms with Crippen LogP contribution in [0.2, 0.25) is 0 Å². The van der Waals surface area contributed by atoms with Gasteiger partial charge in [0.15, 0.2) is 8.07 Å². The lowest BCUT2D eigenvalue weighted by Crippen LogP contribution is -2.76. The van der Waals surface area contributed by atoms with Gasteiger partial charge in [-0.25, -0.2) is 0 Å². The average molecular weight is 773 g/mol. The summed E-state index contributed by atoms with van der Waals surface area (Å²) < 4.78 is 4.89. The van der Waals surface area contributed by atoms with Crippen LogP contribution in [0.4, 0.5) is 0 Å². The molecule has 0 fully saturated rings. The summed E-state index contributed by atoms with van der Waals surface area (Å²) in [6.45, 7) is 0. The molecule has 0 amide bonds. The summed E-state index contributed by atoms with van der Waals surface area (Å²) in [6.07, 6.45) is 0. The van der Waals surface area contributed by atoms with Gasteiger partial charge in [-0.1, -0.05) is 176 Å². The van der Waals surface area contributed by atoms with Crippen LogP contribution in [-0.4, -0.2) is 17.2 Å². The second kappa shape index (κ2) is 13.1. The van der Waals surface area contributed by atoms with Gasteiger partial charge in [-0.3, -0.25) is 0 Å². The number of hydrogen-bond donors (Lipinski definition) is 0. The molecular weight excluding hydrogens is 737 g/mol. The van der Waals surface area contributed by atoms with Gasteiger partial charge in [-0.2, -0.15) is 0 Å². The molecule has 4 heteroatoms. The zero-order chi connectivity index (χ0) is 38.2. The largest absolute Gasteiger partial charge is 0.309 e. The van der Waals surface area contributed by atoms with E-state index in [2.05, 4.69) is 228 Å². The smallest absolute Gasteiger partial charge is 0.181 e. The fourth-order valence-electron chi connectivity index (χ4n) is 9.84. The lowest BCUT2D eigenvalue weighted by atomic mass is 10.0. The first kappa shape index (κ1) is 33.3. The molecule has 0 N–H and O–H groups in total. The molecule has 0 atom stereocenters. The van der Waals surface area contributed by atoms with Gasteiger partial charge in [0.2, 0.25) is 0 Å². The van der Waals surface area contributed by atoms with Gasteiger partial charge in [0.25, 0.3) is 0 Å². The van der Waals surface area contributed by atoms with Crippen molar-refractivity contribution in [3.05, 3.63) is 218 Å². The summed E-state index contributed by atoms with van der Waals surface area (Å²) in [5, 5.41) is 10.9. The fourth-order valence-corrected chi connectivity index (χ4v) is 17.0. The second-order valence-corrected chi connectivity index (χ2v) is 20.0. The van der Waals surface area contributed by atoms with Crippen LogP contribution in [0, 0.1) is 0 Å². The van der Waals surface area contributed by atoms with Crippen LogP contribution in [0.25, 0.3) is 66.1 Å². The molecule has 12 rings (SSSR count). The summed E-state index contributed by atoms with van der Waals surface area (Å²) in [5.74, 6) is 0. The maximum Gasteiger partial charge on any atom is 0.181 e. The molecule has 0 unspecified atom stereocenters. The molecule has 0 saturated carbocycles. The van der Waals surface area contributed by atoms with Crippen molar-refractivity contribution < 1.29 is 0 Å². The normalized spacial score (nSPS) is 13.2. The van der Waals surface area contributed by atoms with E-state index >= 15 is 0 Å². The third-order valence-corrected chi connectivity index (χ3v) is 18.7. The van der Waals surface area contributed by atoms with Crippen molar-refractivity contribution in [3.63, 3.8) is 0 Å². The van der Waals surface area contributed by atoms with Crippen LogP contribution in [0.5, 0.6) is 0 Å². The quantitative estimate of drug-likeness (QED) is 0.158. The molecule has 58 heavy (non-hydrogen) atoms. The first-order valence-electron chi connectivity index (χ1n) is 19.9. The Morgan fingerprint density at radius 3 is 1.43 bits per heavy atom. The molecule has 0 spiro atoms. The number of nitrogens with zero attached hydrogens (tertiary/aromatic N) is 2. The lowest BCUT2D eigenvalue weighted by molar-refractivity contribution is 1.17. The highest BCUT2D eigenvalue weighted by atomic mass is 32.2. The SMILES string of the molecule is c1ccc([Si]2(c3ccccc3)c3ccccc3Sc3c2ccc2c3c3ccccc3n2-c2cccc(-c3cccc(-n4c5ccccc5c5ccccc54)c3)c2)cc1. The Labute approximate surface area is 342 Å². The minimum absolute atomic E-state index is 1.15. The maximum atomic E-state index is 2.49. The van der Waals surface area contributed by atoms with Gasteiger partial charge in [-0.05, 0) is 86.5 Å². The zero-order valence-corrected chi connectivity index (χ0v) is 33.4. The topological polar surface area (TPSA) is 9.86 Å². The molecule has 2 aromatic heterocycles. The number of fused-ring (bicyclic) bond motifs is 9. The van der Waals surface area contributed by atoms with Crippen molar-refractivity contribution in [2.45, 2.75) is 9.79 Å². The summed E-state index contributed by atoms with van der Waals surface area (Å²) >= 11 is 1.95. The van der Waals surface area contributed by atoms with E-state index in [1.165, 1.54) is 85.3 Å². The van der Waals surface area contributed by atoms with Gasteiger partial charge in [0.05, 0.1) is 22.1 Å². The van der Waals surface area contributed by atoms with E-state index in [9.17, 15) is 0 Å². The van der Waals surface area contributed by atoms with Crippen molar-refractivity contribution in [1.29, 1.82) is 0 Å². The summed E-state index contributed by atoms with van der Waals surface area (Å²) in [5.41, 5.74) is 9.57. The van der Waals surface area contributed by atoms with Crippen LogP contribution in [0.3, 0.4) is 0 Å². The molecule has 0 radical (unpaired) electrons. The number of hydrogen-bond acceptors (Lipinski definition) is 1. The van der Waals surface area contributed by atoms with Crippen LogP contribution in [-0.2, 0) is 0 Å². The molecule has 0 saturated heterocycles. The molecule has 0 bridgehead atoms. The van der Waals surface area contributed by atoms with Gasteiger partial charge in [-0.15, -0.1) is 0 Å². The molecule has 2 nitrogen and oxygen atoms in total. The molecule has 3 heterocycles. The standard InChI is InChI=1S/C54H36N2SSi/c1-3-21-41(22-4-1)58(42-23-5-2-6-24-42)51-32-14-13-31-50(51)57-54-52(58)34-33-49-53(54)45-27-9-12-30-48(45)56(49)40-20-16-18-38(36-40)37-17-15-19-39(35-37)55-46-28-10-7-25-43(46)44-26-8-11-29-47(44)55/h1-36H. The highest BCUT2D eigenvalue weighted by molar-refractivity contribution is 8.00. The molecular formula is C54H36N2SSi. The zero-order valence-electron chi connectivity index (χ0n) is 31.6. The van der Waals surface area contributed by atoms with Crippen molar-refractivity contribution in [2.24, 2.45) is 0 Å². The fraction of sp³-hybridized carbons (Fsp3) is 0. The number of rotatable bonds is 5. The van der Waals surface area contributed by atoms with Crippen molar-refractivity contribution in [2.75, 3.05) is 0 Å². The van der Waals surface area contributed by atoms with Gasteiger partial charge in [0.1, 0.15) is 0 Å². The molecule has 1 aliphatic rings. The highest BCUT2D eigenvalue weighted by Crippen LogP contribution is 2.43. The van der Waals surface area contributed by atoms with E-state index in [1.807, 2.05) is 11.8 Å². The summed E-state index contributed by atoms with van der Waals surface area (Å²) in [6, 6.07) is 81.2. The molecule has 272 valence electrons. The molecule has 1 aliphatic heterocycles. The Morgan fingerprint density at radius 2 is 0.828 bits per heavy atom. The first-order chi connectivity index (χ1) is 28.8. The number of aromatic nitrogens is 2. The van der Waals surface area contributed by atoms with Gasteiger partial charge >= 0.3 is 0 Å². The Hall–Kier alpha value is -6.85. The van der Waals surface area contributed by atoms with Crippen LogP contribution in [0.1, 0.15) is 0 Å². The van der Waals surface area contributed by atoms with E-state index in [-0.39, 0.29) is 0 Å². The predicted octanol–water partition coefficient (Wildman–Crippen LogP) is 11.4. The van der Waals surface area contributed by atoms with Crippen LogP contribution < -0.4 is 20.7 Å². The van der Waals surface area contributed by atoms with Gasteiger partial charge < -0.3 is 9.13 Å². The highest BCUT2D eigenvalue weighted by Gasteiger charge is 2.47. The van der Waals surface area contributed by atoms with Crippen LogP contribution in [0.15, 0.2) is 228 Å². The number of benzene rings is 9. The van der Waals surface area contributed by atoms with Crippen LogP contribution >= 0.6 is 11.8 Å². The molecule has 11 aromatic rings. The Morgan fingerprint density at radius 1 is 0.345 bits per heavy atom. The summed E-state index contributed by atoms with van der Waals surface area (Å²) in [7, 11) is -2.70. The van der Waals surface area contributed by atoms with E-state index in [1.54, 1.807) is 0 Å². The lowest BCUT2D eigenvalue weighted by Gasteiger charge is -2.40. The maximum absolute atomic E-state index is 2.70. The van der Waals surface area contributed by atoms with E-state index < -0.39 is 8.07 Å². The Balaban J connectivity index is 1.07. The van der Waals surface area contributed by atoms with E-state index in [4.69, 9.17) is 0 Å². The Bertz CT molecular complexity index is 3290. The van der Waals surface area contributed by atoms with Crippen molar-refractivity contribution >= 4 is 84.2 Å². The van der Waals surface area contributed by atoms with E-state index in [0.717, 1.165) is 11.4 Å². The second-order valence-electron chi connectivity index (χ2n) is 15.2. The van der Waals surface area contributed by atoms with Gasteiger partial charge in [0, 0.05) is 42.7 Å². The third-order valence-electron chi connectivity index (χ3n) is 12.2. The van der Waals surface area contributed by atoms with Crippen molar-refractivity contribution in [1.82, 2.24) is 9.13 Å². The minimum Gasteiger partial charge on any atom is -0.309 e. The average Bonchev–Trinajstić information content (AvgIpc) is 3.82. The van der Waals surface area contributed by atoms with E-state index in [0.29, 0.717) is 0 Å². The monoisotopic (exact) mass is 772 g/mol. The predicted molar refractivity (Wildman–Crippen MR) is 248 cm³/mol. The number of para-hydroxylation sites is 3.